The molecule has 2 bridgehead atoms. The van der Waals surface area contributed by atoms with Gasteiger partial charge in [0.25, 0.3) is 5.56 Å². The van der Waals surface area contributed by atoms with Gasteiger partial charge in [-0.05, 0) is 53.6 Å². The molecule has 0 aliphatic carbocycles. The molecule has 1 aromatic rings. The first-order chi connectivity index (χ1) is 7.25. The number of fused-ring (bicyclic) bond motifs is 4. The molecule has 3 nitrogen and oxygen atoms in total. The van der Waals surface area contributed by atoms with Crippen molar-refractivity contribution in [3.05, 3.63) is 31.8 Å². The molecule has 0 amide bonds. The lowest BCUT2D eigenvalue weighted by Gasteiger charge is -2.37. The van der Waals surface area contributed by atoms with E-state index >= 15 is 0 Å². The van der Waals surface area contributed by atoms with Crippen molar-refractivity contribution in [2.24, 2.45) is 5.92 Å². The fraction of sp³-hybridized carbons (Fsp3) is 0.545. The summed E-state index contributed by atoms with van der Waals surface area (Å²) in [5, 5.41) is 3.44. The molecule has 15 heavy (non-hydrogen) atoms. The van der Waals surface area contributed by atoms with Crippen LogP contribution in [0.3, 0.4) is 0 Å². The average molecular weight is 316 g/mol. The molecule has 2 atom stereocenters. The summed E-state index contributed by atoms with van der Waals surface area (Å²) in [4.78, 5) is 12.0. The highest BCUT2D eigenvalue weighted by atomic mass is 127. The number of hydrogen-bond donors (Lipinski definition) is 1. The minimum absolute atomic E-state index is 0.199. The van der Waals surface area contributed by atoms with Gasteiger partial charge in [0.2, 0.25) is 0 Å². The predicted octanol–water partition coefficient (Wildman–Crippen LogP) is 1.16. The summed E-state index contributed by atoms with van der Waals surface area (Å²) in [6.07, 6.45) is 1.24. The third kappa shape index (κ3) is 1.54. The molecule has 0 radical (unpaired) electrons. The van der Waals surface area contributed by atoms with Crippen molar-refractivity contribution in [1.29, 1.82) is 0 Å². The van der Waals surface area contributed by atoms with Crippen molar-refractivity contribution in [3.8, 4) is 0 Å². The largest absolute Gasteiger partial charge is 0.316 e. The molecule has 0 aromatic carbocycles. The van der Waals surface area contributed by atoms with Gasteiger partial charge in [-0.15, -0.1) is 0 Å². The number of halogens is 1. The second kappa shape index (κ2) is 3.59. The average Bonchev–Trinajstić information content (AvgIpc) is 2.25. The lowest BCUT2D eigenvalue weighted by molar-refractivity contribution is 0.257. The number of rotatable bonds is 0. The zero-order valence-corrected chi connectivity index (χ0v) is 10.5. The van der Waals surface area contributed by atoms with Crippen molar-refractivity contribution in [2.75, 3.05) is 13.1 Å². The van der Waals surface area contributed by atoms with Crippen LogP contribution in [0.5, 0.6) is 0 Å². The Labute approximate surface area is 102 Å². The molecule has 1 N–H and O–H groups in total. The second-order valence-corrected chi connectivity index (χ2v) is 5.64. The number of hydrogen-bond acceptors (Lipinski definition) is 2. The molecule has 1 fully saturated rings. The highest BCUT2D eigenvalue weighted by molar-refractivity contribution is 14.1. The number of pyridine rings is 1. The molecule has 1 aromatic heterocycles. The molecule has 2 unspecified atom stereocenters. The van der Waals surface area contributed by atoms with Crippen LogP contribution in [-0.4, -0.2) is 17.7 Å². The van der Waals surface area contributed by atoms with Crippen LogP contribution in [-0.2, 0) is 6.54 Å². The Morgan fingerprint density at radius 1 is 1.40 bits per heavy atom. The van der Waals surface area contributed by atoms with Gasteiger partial charge in [-0.2, -0.15) is 0 Å². The second-order valence-electron chi connectivity index (χ2n) is 4.48. The van der Waals surface area contributed by atoms with Gasteiger partial charge in [0.15, 0.2) is 0 Å². The minimum atomic E-state index is 0.199. The van der Waals surface area contributed by atoms with Crippen molar-refractivity contribution in [2.45, 2.75) is 18.9 Å². The topological polar surface area (TPSA) is 34.0 Å². The van der Waals surface area contributed by atoms with Crippen LogP contribution in [0.4, 0.5) is 0 Å². The molecule has 2 aliphatic heterocycles. The maximum Gasteiger partial charge on any atom is 0.264 e. The normalized spacial score (nSPS) is 28.6. The first-order valence-corrected chi connectivity index (χ1v) is 6.43. The molecule has 1 saturated heterocycles. The highest BCUT2D eigenvalue weighted by Gasteiger charge is 2.30. The Kier molecular flexibility index (Phi) is 2.35. The molecule has 0 saturated carbocycles. The van der Waals surface area contributed by atoms with Crippen molar-refractivity contribution < 1.29 is 0 Å². The van der Waals surface area contributed by atoms with Gasteiger partial charge >= 0.3 is 0 Å². The van der Waals surface area contributed by atoms with E-state index in [1.54, 1.807) is 0 Å². The van der Waals surface area contributed by atoms with Crippen molar-refractivity contribution in [1.82, 2.24) is 9.88 Å². The molecule has 2 aliphatic rings. The fourth-order valence-electron chi connectivity index (χ4n) is 2.76. The first kappa shape index (κ1) is 9.84. The predicted molar refractivity (Wildman–Crippen MR) is 67.1 cm³/mol. The van der Waals surface area contributed by atoms with Gasteiger partial charge in [0.05, 0.1) is 3.57 Å². The van der Waals surface area contributed by atoms with Crippen LogP contribution in [0.2, 0.25) is 0 Å². The standard InChI is InChI=1S/C11H13IN2O/c12-9-1-2-10-8-3-7(4-13-5-8)6-14(10)11(9)15/h1-2,7-8,13H,3-6H2. The lowest BCUT2D eigenvalue weighted by atomic mass is 9.84. The van der Waals surface area contributed by atoms with Gasteiger partial charge in [0, 0.05) is 24.7 Å². The number of nitrogens with zero attached hydrogens (tertiary/aromatic N) is 1. The summed E-state index contributed by atoms with van der Waals surface area (Å²) in [6.45, 7) is 2.99. The maximum absolute atomic E-state index is 12.0. The van der Waals surface area contributed by atoms with E-state index in [1.165, 1.54) is 12.1 Å². The molecule has 80 valence electrons. The van der Waals surface area contributed by atoms with E-state index in [2.05, 4.69) is 34.0 Å². The van der Waals surface area contributed by atoms with Crippen LogP contribution in [0.25, 0.3) is 0 Å². The van der Waals surface area contributed by atoms with Crippen LogP contribution in [0, 0.1) is 9.49 Å². The SMILES string of the molecule is O=c1c(I)ccc2n1CC1CNCC2C1. The van der Waals surface area contributed by atoms with Gasteiger partial charge < -0.3 is 9.88 Å². The molecule has 3 heterocycles. The van der Waals surface area contributed by atoms with E-state index in [-0.39, 0.29) is 5.56 Å². The van der Waals surface area contributed by atoms with Crippen LogP contribution >= 0.6 is 22.6 Å². The molecular weight excluding hydrogens is 303 g/mol. The Hall–Kier alpha value is -0.360. The summed E-state index contributed by atoms with van der Waals surface area (Å²) in [6, 6.07) is 4.07. The quantitative estimate of drug-likeness (QED) is 0.729. The lowest BCUT2D eigenvalue weighted by Crippen LogP contribution is -2.45. The van der Waals surface area contributed by atoms with Crippen LogP contribution < -0.4 is 10.9 Å². The third-order valence-electron chi connectivity index (χ3n) is 3.46. The van der Waals surface area contributed by atoms with Gasteiger partial charge in [-0.1, -0.05) is 0 Å². The Bertz CT molecular complexity index is 454. The zero-order chi connectivity index (χ0) is 10.4. The zero-order valence-electron chi connectivity index (χ0n) is 8.37. The van der Waals surface area contributed by atoms with E-state index in [4.69, 9.17) is 0 Å². The van der Waals surface area contributed by atoms with Gasteiger partial charge in [-0.25, -0.2) is 0 Å². The molecule has 0 spiro atoms. The highest BCUT2D eigenvalue weighted by Crippen LogP contribution is 2.31. The Balaban J connectivity index is 2.17. The van der Waals surface area contributed by atoms with Gasteiger partial charge in [0.1, 0.15) is 0 Å². The molecular formula is C11H13IN2O. The van der Waals surface area contributed by atoms with Crippen LogP contribution in [0.1, 0.15) is 18.0 Å². The van der Waals surface area contributed by atoms with Crippen LogP contribution in [0.15, 0.2) is 16.9 Å². The minimum Gasteiger partial charge on any atom is -0.316 e. The third-order valence-corrected chi connectivity index (χ3v) is 4.28. The number of aromatic nitrogens is 1. The van der Waals surface area contributed by atoms with E-state index in [9.17, 15) is 4.79 Å². The summed E-state index contributed by atoms with van der Waals surface area (Å²) >= 11 is 2.13. The Morgan fingerprint density at radius 3 is 3.13 bits per heavy atom. The first-order valence-electron chi connectivity index (χ1n) is 5.35. The molecule has 4 heteroatoms. The molecule has 3 rings (SSSR count). The smallest absolute Gasteiger partial charge is 0.264 e. The number of piperidine rings is 1. The van der Waals surface area contributed by atoms with Crippen molar-refractivity contribution >= 4 is 22.6 Å². The van der Waals surface area contributed by atoms with Gasteiger partial charge in [-0.3, -0.25) is 4.79 Å². The van der Waals surface area contributed by atoms with Crippen molar-refractivity contribution in [3.63, 3.8) is 0 Å². The summed E-state index contributed by atoms with van der Waals surface area (Å²) in [7, 11) is 0. The monoisotopic (exact) mass is 316 g/mol. The summed E-state index contributed by atoms with van der Waals surface area (Å²) in [5.74, 6) is 1.19. The van der Waals surface area contributed by atoms with E-state index < -0.39 is 0 Å². The van der Waals surface area contributed by atoms with E-state index in [0.29, 0.717) is 11.8 Å². The number of nitrogens with one attached hydrogen (secondary N) is 1. The Morgan fingerprint density at radius 2 is 2.27 bits per heavy atom. The van der Waals surface area contributed by atoms with E-state index in [1.807, 2.05) is 10.6 Å². The maximum atomic E-state index is 12.0. The van der Waals surface area contributed by atoms with E-state index in [0.717, 1.165) is 23.2 Å². The summed E-state index contributed by atoms with van der Waals surface area (Å²) < 4.78 is 2.82. The fourth-order valence-corrected chi connectivity index (χ4v) is 3.24. The summed E-state index contributed by atoms with van der Waals surface area (Å²) in [5.41, 5.74) is 1.42.